The molecule has 0 spiro atoms. The number of nitrogens with one attached hydrogen (secondary N) is 1. The monoisotopic (exact) mass is 514 g/mol. The van der Waals surface area contributed by atoms with E-state index in [-0.39, 0.29) is 18.0 Å². The van der Waals surface area contributed by atoms with Gasteiger partial charge in [-0.2, -0.15) is 4.80 Å². The van der Waals surface area contributed by atoms with E-state index in [1.807, 2.05) is 52.0 Å². The summed E-state index contributed by atoms with van der Waals surface area (Å²) in [4.78, 5) is 30.0. The van der Waals surface area contributed by atoms with Crippen LogP contribution in [0.3, 0.4) is 0 Å². The molecule has 2 amide bonds. The van der Waals surface area contributed by atoms with Crippen LogP contribution in [0.4, 0.5) is 5.69 Å². The van der Waals surface area contributed by atoms with Crippen molar-refractivity contribution in [3.05, 3.63) is 83.9 Å². The lowest BCUT2D eigenvalue weighted by Crippen LogP contribution is -2.50. The second-order valence-corrected chi connectivity index (χ2v) is 10.0. The van der Waals surface area contributed by atoms with Gasteiger partial charge >= 0.3 is 0 Å². The summed E-state index contributed by atoms with van der Waals surface area (Å²) in [5, 5.41) is 35.4. The number of amides is 2. The van der Waals surface area contributed by atoms with E-state index in [0.717, 1.165) is 11.1 Å². The lowest BCUT2D eigenvalue weighted by Gasteiger charge is -2.33. The molecule has 0 aliphatic rings. The quantitative estimate of drug-likeness (QED) is 0.342. The number of anilines is 1. The SMILES string of the molecule is Cc1ccc(-c2nnn(CC(=O)N(c3cccc(O)c3)C(C(=O)NC(C)(C)C)c3ccc(O)cc3)n2)cc1. The molecule has 0 aliphatic heterocycles. The lowest BCUT2D eigenvalue weighted by molar-refractivity contribution is -0.128. The number of carbonyl (C=O) groups excluding carboxylic acids is 2. The smallest absolute Gasteiger partial charge is 0.251 e. The van der Waals surface area contributed by atoms with Crippen LogP contribution in [0.15, 0.2) is 72.8 Å². The molecular weight excluding hydrogens is 484 g/mol. The van der Waals surface area contributed by atoms with Crippen LogP contribution in [0.5, 0.6) is 11.5 Å². The minimum atomic E-state index is -1.12. The summed E-state index contributed by atoms with van der Waals surface area (Å²) >= 11 is 0. The van der Waals surface area contributed by atoms with Crippen LogP contribution >= 0.6 is 0 Å². The van der Waals surface area contributed by atoms with Gasteiger partial charge in [0.1, 0.15) is 24.1 Å². The Kier molecular flexibility index (Phi) is 7.43. The van der Waals surface area contributed by atoms with E-state index in [4.69, 9.17) is 0 Å². The van der Waals surface area contributed by atoms with Gasteiger partial charge in [-0.25, -0.2) is 0 Å². The van der Waals surface area contributed by atoms with Gasteiger partial charge in [0, 0.05) is 22.9 Å². The van der Waals surface area contributed by atoms with Gasteiger partial charge in [-0.1, -0.05) is 48.0 Å². The molecule has 0 aliphatic carbocycles. The molecule has 0 radical (unpaired) electrons. The van der Waals surface area contributed by atoms with Gasteiger partial charge in [0.15, 0.2) is 0 Å². The molecule has 196 valence electrons. The third kappa shape index (κ3) is 6.33. The second kappa shape index (κ2) is 10.7. The first-order chi connectivity index (χ1) is 18.0. The summed E-state index contributed by atoms with van der Waals surface area (Å²) in [5.74, 6) is -0.629. The number of hydrogen-bond donors (Lipinski definition) is 3. The zero-order valence-corrected chi connectivity index (χ0v) is 21.7. The molecule has 38 heavy (non-hydrogen) atoms. The van der Waals surface area contributed by atoms with Crippen LogP contribution < -0.4 is 10.2 Å². The Balaban J connectivity index is 1.74. The Morgan fingerprint density at radius 1 is 0.974 bits per heavy atom. The lowest BCUT2D eigenvalue weighted by atomic mass is 10.0. The zero-order valence-electron chi connectivity index (χ0n) is 21.7. The first kappa shape index (κ1) is 26.3. The molecule has 0 saturated carbocycles. The highest BCUT2D eigenvalue weighted by Gasteiger charge is 2.35. The van der Waals surface area contributed by atoms with Crippen molar-refractivity contribution in [2.75, 3.05) is 4.90 Å². The van der Waals surface area contributed by atoms with Crippen LogP contribution in [0.1, 0.15) is 37.9 Å². The Labute approximate surface area is 220 Å². The summed E-state index contributed by atoms with van der Waals surface area (Å²) in [5.41, 5.74) is 2.03. The van der Waals surface area contributed by atoms with E-state index in [0.29, 0.717) is 17.1 Å². The van der Waals surface area contributed by atoms with E-state index in [2.05, 4.69) is 20.7 Å². The maximum Gasteiger partial charge on any atom is 0.251 e. The number of benzene rings is 3. The largest absolute Gasteiger partial charge is 0.508 e. The predicted molar refractivity (Wildman–Crippen MR) is 142 cm³/mol. The van der Waals surface area contributed by atoms with Crippen LogP contribution in [-0.4, -0.2) is 47.8 Å². The second-order valence-electron chi connectivity index (χ2n) is 10.0. The number of rotatable bonds is 7. The number of aromatic hydroxyl groups is 2. The molecule has 3 N–H and O–H groups in total. The van der Waals surface area contributed by atoms with E-state index in [9.17, 15) is 19.8 Å². The number of phenols is 2. The van der Waals surface area contributed by atoms with E-state index in [1.165, 1.54) is 34.0 Å². The molecule has 3 aromatic carbocycles. The van der Waals surface area contributed by atoms with Crippen molar-refractivity contribution in [2.24, 2.45) is 0 Å². The topological polar surface area (TPSA) is 133 Å². The van der Waals surface area contributed by atoms with Crippen LogP contribution in [0, 0.1) is 6.92 Å². The normalized spacial score (nSPS) is 12.1. The van der Waals surface area contributed by atoms with Crippen LogP contribution in [0.2, 0.25) is 0 Å². The number of tetrazole rings is 1. The van der Waals surface area contributed by atoms with Gasteiger partial charge in [-0.3, -0.25) is 14.5 Å². The first-order valence-electron chi connectivity index (χ1n) is 12.1. The summed E-state index contributed by atoms with van der Waals surface area (Å²) < 4.78 is 0. The number of aromatic nitrogens is 4. The first-order valence-corrected chi connectivity index (χ1v) is 12.1. The van der Waals surface area contributed by atoms with Gasteiger partial charge in [0.05, 0.1) is 0 Å². The minimum absolute atomic E-state index is 0.0226. The molecular formula is C28H30N6O4. The van der Waals surface area contributed by atoms with Crippen molar-refractivity contribution in [1.29, 1.82) is 0 Å². The standard InChI is InChI=1S/C28H30N6O4/c1-18-8-10-20(11-9-18)26-30-32-33(31-26)17-24(37)34(21-6-5-7-23(36)16-21)25(27(38)29-28(2,3)4)19-12-14-22(35)15-13-19/h5-16,25,35-36H,17H2,1-4H3,(H,29,38). The summed E-state index contributed by atoms with van der Waals surface area (Å²) in [6.45, 7) is 7.18. The fourth-order valence-corrected chi connectivity index (χ4v) is 3.92. The van der Waals surface area contributed by atoms with Crippen LogP contribution in [0.25, 0.3) is 11.4 Å². The van der Waals surface area contributed by atoms with Gasteiger partial charge in [0.25, 0.3) is 5.91 Å². The molecule has 4 rings (SSSR count). The van der Waals surface area contributed by atoms with E-state index in [1.54, 1.807) is 24.3 Å². The molecule has 10 heteroatoms. The maximum atomic E-state index is 13.9. The van der Waals surface area contributed by atoms with Crippen molar-refractivity contribution in [1.82, 2.24) is 25.5 Å². The van der Waals surface area contributed by atoms with Gasteiger partial charge < -0.3 is 15.5 Å². The minimum Gasteiger partial charge on any atom is -0.508 e. The molecule has 0 fully saturated rings. The summed E-state index contributed by atoms with van der Waals surface area (Å²) in [6, 6.07) is 18.6. The van der Waals surface area contributed by atoms with Gasteiger partial charge in [0.2, 0.25) is 11.7 Å². The van der Waals surface area contributed by atoms with Crippen molar-refractivity contribution in [3.63, 3.8) is 0 Å². The molecule has 1 unspecified atom stereocenters. The number of carbonyl (C=O) groups is 2. The Morgan fingerprint density at radius 3 is 2.29 bits per heavy atom. The molecule has 0 saturated heterocycles. The van der Waals surface area contributed by atoms with Gasteiger partial charge in [-0.05, 0) is 62.7 Å². The molecule has 1 atom stereocenters. The highest BCUT2D eigenvalue weighted by Crippen LogP contribution is 2.31. The number of phenolic OH excluding ortho intramolecular Hbond substituents is 2. The zero-order chi connectivity index (χ0) is 27.4. The molecule has 1 aromatic heterocycles. The third-order valence-corrected chi connectivity index (χ3v) is 5.63. The average Bonchev–Trinajstić information content (AvgIpc) is 3.30. The fourth-order valence-electron chi connectivity index (χ4n) is 3.92. The summed E-state index contributed by atoms with van der Waals surface area (Å²) in [6.07, 6.45) is 0. The molecule has 1 heterocycles. The van der Waals surface area contributed by atoms with E-state index >= 15 is 0 Å². The number of nitrogens with zero attached hydrogens (tertiary/aromatic N) is 5. The maximum absolute atomic E-state index is 13.9. The molecule has 0 bridgehead atoms. The Bertz CT molecular complexity index is 1420. The van der Waals surface area contributed by atoms with Crippen molar-refractivity contribution in [2.45, 2.75) is 45.8 Å². The third-order valence-electron chi connectivity index (χ3n) is 5.63. The van der Waals surface area contributed by atoms with Crippen LogP contribution in [-0.2, 0) is 16.1 Å². The Hall–Kier alpha value is -4.73. The highest BCUT2D eigenvalue weighted by atomic mass is 16.3. The van der Waals surface area contributed by atoms with Crippen molar-refractivity contribution in [3.8, 4) is 22.9 Å². The highest BCUT2D eigenvalue weighted by molar-refractivity contribution is 6.01. The fraction of sp³-hybridized carbons (Fsp3) is 0.250. The van der Waals surface area contributed by atoms with Crippen molar-refractivity contribution < 1.29 is 19.8 Å². The predicted octanol–water partition coefficient (Wildman–Crippen LogP) is 3.75. The van der Waals surface area contributed by atoms with Gasteiger partial charge in [-0.15, -0.1) is 10.2 Å². The van der Waals surface area contributed by atoms with Crippen molar-refractivity contribution >= 4 is 17.5 Å². The number of hydrogen-bond acceptors (Lipinski definition) is 7. The Morgan fingerprint density at radius 2 is 1.66 bits per heavy atom. The average molecular weight is 515 g/mol. The summed E-state index contributed by atoms with van der Waals surface area (Å²) in [7, 11) is 0. The molecule has 10 nitrogen and oxygen atoms in total. The molecule has 4 aromatic rings. The van der Waals surface area contributed by atoms with E-state index < -0.39 is 23.4 Å². The number of aryl methyl sites for hydroxylation is 1.